The van der Waals surface area contributed by atoms with Crippen molar-refractivity contribution < 1.29 is 32.9 Å². The van der Waals surface area contributed by atoms with Gasteiger partial charge >= 0.3 is 7.82 Å². The zero-order valence-corrected chi connectivity index (χ0v) is 55.8. The Morgan fingerprint density at radius 1 is 0.422 bits per heavy atom. The number of aliphatic hydroxyl groups is 1. The minimum Gasteiger partial charge on any atom is -0.387 e. The van der Waals surface area contributed by atoms with Crippen LogP contribution in [0.15, 0.2) is 109 Å². The number of quaternary nitrogens is 1. The van der Waals surface area contributed by atoms with Crippen LogP contribution >= 0.6 is 7.82 Å². The molecule has 0 spiro atoms. The molecule has 480 valence electrons. The number of hydrogen-bond donors (Lipinski definition) is 3. The van der Waals surface area contributed by atoms with Crippen molar-refractivity contribution in [3.8, 4) is 0 Å². The molecule has 3 N–H and O–H groups in total. The molecule has 0 aromatic rings. The highest BCUT2D eigenvalue weighted by molar-refractivity contribution is 7.47. The Kier molecular flexibility index (Phi) is 61.5. The number of allylic oxidation sites excluding steroid dienone is 17. The Balaban J connectivity index is 4.17. The van der Waals surface area contributed by atoms with Crippen molar-refractivity contribution in [2.24, 2.45) is 0 Å². The summed E-state index contributed by atoms with van der Waals surface area (Å²) in [6, 6.07) is -0.865. The predicted molar refractivity (Wildman–Crippen MR) is 364 cm³/mol. The van der Waals surface area contributed by atoms with Gasteiger partial charge in [0.05, 0.1) is 39.9 Å². The molecule has 0 heterocycles. The second-order valence-corrected chi connectivity index (χ2v) is 26.0. The van der Waals surface area contributed by atoms with Crippen molar-refractivity contribution in [3.63, 3.8) is 0 Å². The van der Waals surface area contributed by atoms with Crippen molar-refractivity contribution in [2.45, 2.75) is 315 Å². The molecule has 0 radical (unpaired) electrons. The number of unbranched alkanes of at least 4 members (excludes halogenated alkanes) is 34. The van der Waals surface area contributed by atoms with Gasteiger partial charge in [-0.25, -0.2) is 4.57 Å². The van der Waals surface area contributed by atoms with E-state index in [-0.39, 0.29) is 19.1 Å². The number of nitrogens with one attached hydrogen (secondary N) is 1. The number of rotatable bonds is 63. The second-order valence-electron chi connectivity index (χ2n) is 24.5. The average molecular weight is 1180 g/mol. The number of phosphoric ester groups is 1. The zero-order chi connectivity index (χ0) is 60.5. The Labute approximate surface area is 514 Å². The van der Waals surface area contributed by atoms with Gasteiger partial charge in [0.2, 0.25) is 5.91 Å². The van der Waals surface area contributed by atoms with Gasteiger partial charge in [-0.3, -0.25) is 13.8 Å². The molecule has 0 aliphatic carbocycles. The molecule has 0 aliphatic heterocycles. The summed E-state index contributed by atoms with van der Waals surface area (Å²) >= 11 is 0. The third-order valence-corrected chi connectivity index (χ3v) is 16.2. The predicted octanol–water partition coefficient (Wildman–Crippen LogP) is 22.3. The number of likely N-dealkylation sites (N-methyl/N-ethyl adjacent to an activating group) is 1. The Morgan fingerprint density at radius 3 is 1.06 bits per heavy atom. The van der Waals surface area contributed by atoms with Gasteiger partial charge < -0.3 is 19.8 Å². The smallest absolute Gasteiger partial charge is 0.387 e. The quantitative estimate of drug-likeness (QED) is 0.0243. The van der Waals surface area contributed by atoms with Crippen molar-refractivity contribution in [1.29, 1.82) is 0 Å². The molecular weight excluding hydrogens is 1040 g/mol. The maximum atomic E-state index is 13.0. The van der Waals surface area contributed by atoms with Gasteiger partial charge in [-0.15, -0.1) is 0 Å². The number of carbonyl (C=O) groups is 1. The van der Waals surface area contributed by atoms with Crippen molar-refractivity contribution in [2.75, 3.05) is 40.9 Å². The summed E-state index contributed by atoms with van der Waals surface area (Å²) in [6.07, 6.45) is 93.7. The van der Waals surface area contributed by atoms with Gasteiger partial charge in [-0.2, -0.15) is 0 Å². The highest BCUT2D eigenvalue weighted by Crippen LogP contribution is 2.43. The SMILES string of the molecule is CC/C=C\C/C=C\C/C=C\C/C=C\C/C=C\C/C=C\C/C=C\C/C=C\CCCCCCCCC(=O)NC(COP(=O)(O)OCC[N+](C)(C)C)C(O)/C=C/CCCCCCCCCCCCCCCCCCCCCCCCCCCCCC. The molecule has 0 fully saturated rings. The van der Waals surface area contributed by atoms with Gasteiger partial charge in [0, 0.05) is 6.42 Å². The summed E-state index contributed by atoms with van der Waals surface area (Å²) in [5.41, 5.74) is 0. The minimum atomic E-state index is -4.37. The number of carbonyl (C=O) groups excluding carboxylic acids is 1. The van der Waals surface area contributed by atoms with Crippen LogP contribution in [0.1, 0.15) is 303 Å². The molecule has 0 aromatic heterocycles. The third-order valence-electron chi connectivity index (χ3n) is 15.2. The second kappa shape index (κ2) is 63.7. The molecular formula is C74H134N2O6P+. The third kappa shape index (κ3) is 66.5. The molecule has 3 unspecified atom stereocenters. The van der Waals surface area contributed by atoms with Crippen LogP contribution in [0, 0.1) is 0 Å². The van der Waals surface area contributed by atoms with E-state index in [4.69, 9.17) is 9.05 Å². The molecule has 3 atom stereocenters. The number of phosphoric acid groups is 1. The first-order valence-corrected chi connectivity index (χ1v) is 36.3. The average Bonchev–Trinajstić information content (AvgIpc) is 3.49. The Hall–Kier alpha value is -2.84. The lowest BCUT2D eigenvalue weighted by Crippen LogP contribution is -2.45. The number of nitrogens with zero attached hydrogens (tertiary/aromatic N) is 1. The molecule has 83 heavy (non-hydrogen) atoms. The molecule has 0 aliphatic rings. The van der Waals surface area contributed by atoms with Crippen LogP contribution in [0.25, 0.3) is 0 Å². The topological polar surface area (TPSA) is 105 Å². The molecule has 0 rings (SSSR count). The summed E-state index contributed by atoms with van der Waals surface area (Å²) in [5, 5.41) is 14.0. The molecule has 9 heteroatoms. The minimum absolute atomic E-state index is 0.0531. The molecule has 1 amide bonds. The largest absolute Gasteiger partial charge is 0.472 e. The van der Waals surface area contributed by atoms with E-state index in [9.17, 15) is 19.4 Å². The summed E-state index contributed by atoms with van der Waals surface area (Å²) in [6.45, 7) is 4.71. The summed E-state index contributed by atoms with van der Waals surface area (Å²) in [5.74, 6) is -0.193. The Morgan fingerprint density at radius 2 is 0.723 bits per heavy atom. The van der Waals surface area contributed by atoms with Crippen LogP contribution in [0.5, 0.6) is 0 Å². The van der Waals surface area contributed by atoms with Gasteiger partial charge in [-0.05, 0) is 83.5 Å². The summed E-state index contributed by atoms with van der Waals surface area (Å²) in [7, 11) is 1.55. The molecule has 8 nitrogen and oxygen atoms in total. The monoisotopic (exact) mass is 1180 g/mol. The van der Waals surface area contributed by atoms with Crippen LogP contribution in [-0.2, 0) is 18.4 Å². The van der Waals surface area contributed by atoms with E-state index >= 15 is 0 Å². The highest BCUT2D eigenvalue weighted by Gasteiger charge is 2.28. The fraction of sp³-hybridized carbons (Fsp3) is 0.743. The van der Waals surface area contributed by atoms with Gasteiger partial charge in [0.15, 0.2) is 0 Å². The normalized spacial score (nSPS) is 14.3. The number of aliphatic hydroxyl groups excluding tert-OH is 1. The van der Waals surface area contributed by atoms with Gasteiger partial charge in [-0.1, -0.05) is 322 Å². The fourth-order valence-corrected chi connectivity index (χ4v) is 10.6. The summed E-state index contributed by atoms with van der Waals surface area (Å²) < 4.78 is 23.8. The van der Waals surface area contributed by atoms with E-state index in [0.717, 1.165) is 103 Å². The van der Waals surface area contributed by atoms with Crippen LogP contribution in [0.4, 0.5) is 0 Å². The van der Waals surface area contributed by atoms with Crippen molar-refractivity contribution in [1.82, 2.24) is 5.32 Å². The lowest BCUT2D eigenvalue weighted by Gasteiger charge is -2.25. The van der Waals surface area contributed by atoms with E-state index in [2.05, 4.69) is 116 Å². The standard InChI is InChI=1S/C74H133N2O6P/c1-6-8-10-12-14-16-18-20-22-24-26-28-30-32-34-36-38-40-42-44-46-48-50-52-54-56-58-60-62-64-66-68-74(78)75-72(71-82-83(79,80)81-70-69-76(3,4)5)73(77)67-65-63-61-59-57-55-53-51-49-47-45-43-41-39-37-35-33-31-29-27-25-23-21-19-17-15-13-11-9-7-2/h8,10,14,16,20,22,26,28,32,34,38,40,44,46,50,52,65,67,72-73,77H,6-7,9,11-13,15,17-19,21,23-25,27,29-31,33,35-37,39,41-43,45,47-49,51,53-64,66,68-71H2,1-5H3,(H-,75,78,79,80)/p+1/b10-8-,16-14-,22-20-,28-26-,34-32-,40-38-,46-44-,52-50-,67-65+. The first-order chi connectivity index (χ1) is 40.5. The van der Waals surface area contributed by atoms with Crippen LogP contribution in [-0.4, -0.2) is 73.4 Å². The zero-order valence-electron chi connectivity index (χ0n) is 54.9. The van der Waals surface area contributed by atoms with E-state index in [1.807, 2.05) is 27.2 Å². The first-order valence-electron chi connectivity index (χ1n) is 34.8. The van der Waals surface area contributed by atoms with Gasteiger partial charge in [0.25, 0.3) is 0 Å². The van der Waals surface area contributed by atoms with Crippen LogP contribution in [0.3, 0.4) is 0 Å². The van der Waals surface area contributed by atoms with E-state index in [1.165, 1.54) is 180 Å². The van der Waals surface area contributed by atoms with Crippen LogP contribution in [0.2, 0.25) is 0 Å². The van der Waals surface area contributed by atoms with E-state index in [0.29, 0.717) is 17.4 Å². The van der Waals surface area contributed by atoms with Gasteiger partial charge in [0.1, 0.15) is 13.2 Å². The number of hydrogen-bond acceptors (Lipinski definition) is 5. The van der Waals surface area contributed by atoms with E-state index < -0.39 is 20.0 Å². The van der Waals surface area contributed by atoms with Crippen molar-refractivity contribution >= 4 is 13.7 Å². The van der Waals surface area contributed by atoms with E-state index in [1.54, 1.807) is 6.08 Å². The molecule has 0 saturated heterocycles. The summed E-state index contributed by atoms with van der Waals surface area (Å²) in [4.78, 5) is 23.4. The Bertz CT molecular complexity index is 1720. The maximum absolute atomic E-state index is 13.0. The lowest BCUT2D eigenvalue weighted by atomic mass is 10.0. The van der Waals surface area contributed by atoms with Crippen LogP contribution < -0.4 is 5.32 Å². The molecule has 0 aromatic carbocycles. The molecule has 0 saturated carbocycles. The fourth-order valence-electron chi connectivity index (χ4n) is 9.88. The molecule has 0 bridgehead atoms. The lowest BCUT2D eigenvalue weighted by molar-refractivity contribution is -0.870. The highest BCUT2D eigenvalue weighted by atomic mass is 31.2. The number of amides is 1. The first kappa shape index (κ1) is 80.2. The maximum Gasteiger partial charge on any atom is 0.472 e. The van der Waals surface area contributed by atoms with Crippen molar-refractivity contribution in [3.05, 3.63) is 109 Å².